The standard InChI is InChI=1S/C23H25N3O3S/c1-17(18-8-12-24-13-9-18)25-23(27)20-10-14-26(15-11-20)30(28,29)22-7-6-19-4-2-3-5-21(19)16-22/h2-9,12-13,16-17,20H,10-11,14-15H2,1H3,(H,25,27). The van der Waals surface area contributed by atoms with E-state index in [2.05, 4.69) is 10.3 Å². The van der Waals surface area contributed by atoms with Crippen molar-refractivity contribution in [2.24, 2.45) is 5.92 Å². The first-order valence-corrected chi connectivity index (χ1v) is 11.6. The molecule has 0 bridgehead atoms. The van der Waals surface area contributed by atoms with E-state index in [0.717, 1.165) is 16.3 Å². The lowest BCUT2D eigenvalue weighted by molar-refractivity contribution is -0.126. The van der Waals surface area contributed by atoms with Crippen LogP contribution in [0.25, 0.3) is 10.8 Å². The summed E-state index contributed by atoms with van der Waals surface area (Å²) < 4.78 is 27.7. The summed E-state index contributed by atoms with van der Waals surface area (Å²) in [6.07, 6.45) is 4.44. The second-order valence-electron chi connectivity index (χ2n) is 7.70. The highest BCUT2D eigenvalue weighted by Gasteiger charge is 2.32. The molecular formula is C23H25N3O3S. The molecule has 1 N–H and O–H groups in total. The number of hydrogen-bond donors (Lipinski definition) is 1. The van der Waals surface area contributed by atoms with Crippen LogP contribution in [0.15, 0.2) is 71.9 Å². The molecule has 1 aromatic heterocycles. The van der Waals surface area contributed by atoms with Crippen molar-refractivity contribution in [3.8, 4) is 0 Å². The molecule has 1 aliphatic rings. The summed E-state index contributed by atoms with van der Waals surface area (Å²) in [5.41, 5.74) is 0.995. The van der Waals surface area contributed by atoms with Crippen molar-refractivity contribution in [2.45, 2.75) is 30.7 Å². The zero-order chi connectivity index (χ0) is 21.1. The number of carbonyl (C=O) groups excluding carboxylic acids is 1. The SMILES string of the molecule is CC(NC(=O)C1CCN(S(=O)(=O)c2ccc3ccccc3c2)CC1)c1ccncc1. The third kappa shape index (κ3) is 4.22. The summed E-state index contributed by atoms with van der Waals surface area (Å²) in [5.74, 6) is -0.209. The van der Waals surface area contributed by atoms with Crippen LogP contribution in [0.3, 0.4) is 0 Å². The predicted octanol–water partition coefficient (Wildman–Crippen LogP) is 3.51. The van der Waals surface area contributed by atoms with E-state index in [9.17, 15) is 13.2 Å². The second-order valence-corrected chi connectivity index (χ2v) is 9.64. The van der Waals surface area contributed by atoms with E-state index in [1.54, 1.807) is 24.5 Å². The van der Waals surface area contributed by atoms with Gasteiger partial charge in [-0.3, -0.25) is 9.78 Å². The first-order valence-electron chi connectivity index (χ1n) is 10.1. The van der Waals surface area contributed by atoms with E-state index in [1.165, 1.54) is 4.31 Å². The Morgan fingerprint density at radius 3 is 2.40 bits per heavy atom. The molecule has 2 heterocycles. The number of nitrogens with one attached hydrogen (secondary N) is 1. The van der Waals surface area contributed by atoms with Crippen molar-refractivity contribution in [1.82, 2.24) is 14.6 Å². The number of carbonyl (C=O) groups is 1. The van der Waals surface area contributed by atoms with Crippen LogP contribution in [0.5, 0.6) is 0 Å². The normalized spacial score (nSPS) is 17.0. The lowest BCUT2D eigenvalue weighted by Gasteiger charge is -2.31. The van der Waals surface area contributed by atoms with Crippen molar-refractivity contribution >= 4 is 26.7 Å². The Labute approximate surface area is 177 Å². The van der Waals surface area contributed by atoms with Gasteiger partial charge in [-0.25, -0.2) is 8.42 Å². The zero-order valence-electron chi connectivity index (χ0n) is 16.9. The Balaban J connectivity index is 1.40. The molecular weight excluding hydrogens is 398 g/mol. The molecule has 7 heteroatoms. The van der Waals surface area contributed by atoms with Crippen molar-refractivity contribution in [1.29, 1.82) is 0 Å². The third-order valence-electron chi connectivity index (χ3n) is 5.75. The minimum absolute atomic E-state index is 0.0259. The molecule has 6 nitrogen and oxygen atoms in total. The number of nitrogens with zero attached hydrogens (tertiary/aromatic N) is 2. The number of sulfonamides is 1. The molecule has 156 valence electrons. The fraction of sp³-hybridized carbons (Fsp3) is 0.304. The quantitative estimate of drug-likeness (QED) is 0.681. The highest BCUT2D eigenvalue weighted by atomic mass is 32.2. The molecule has 1 fully saturated rings. The van der Waals surface area contributed by atoms with Crippen LogP contribution in [-0.4, -0.2) is 36.7 Å². The molecule has 0 radical (unpaired) electrons. The smallest absolute Gasteiger partial charge is 0.243 e. The maximum atomic E-state index is 13.1. The van der Waals surface area contributed by atoms with Gasteiger partial charge in [0.25, 0.3) is 0 Å². The predicted molar refractivity (Wildman–Crippen MR) is 116 cm³/mol. The fourth-order valence-electron chi connectivity index (χ4n) is 3.90. The Morgan fingerprint density at radius 1 is 1.03 bits per heavy atom. The summed E-state index contributed by atoms with van der Waals surface area (Å²) >= 11 is 0. The van der Waals surface area contributed by atoms with Crippen LogP contribution in [0.2, 0.25) is 0 Å². The number of benzene rings is 2. The molecule has 1 amide bonds. The van der Waals surface area contributed by atoms with Crippen molar-refractivity contribution < 1.29 is 13.2 Å². The lowest BCUT2D eigenvalue weighted by atomic mass is 9.96. The average Bonchev–Trinajstić information content (AvgIpc) is 2.79. The summed E-state index contributed by atoms with van der Waals surface area (Å²) in [5, 5.41) is 4.95. The average molecular weight is 424 g/mol. The molecule has 30 heavy (non-hydrogen) atoms. The molecule has 0 spiro atoms. The van der Waals surface area contributed by atoms with Gasteiger partial charge in [0, 0.05) is 31.4 Å². The van der Waals surface area contributed by atoms with Gasteiger partial charge in [-0.15, -0.1) is 0 Å². The highest BCUT2D eigenvalue weighted by Crippen LogP contribution is 2.27. The van der Waals surface area contributed by atoms with Crippen LogP contribution >= 0.6 is 0 Å². The number of rotatable bonds is 5. The molecule has 1 saturated heterocycles. The summed E-state index contributed by atoms with van der Waals surface area (Å²) in [6.45, 7) is 2.63. The van der Waals surface area contributed by atoms with Crippen LogP contribution < -0.4 is 5.32 Å². The van der Waals surface area contributed by atoms with E-state index in [0.29, 0.717) is 30.8 Å². The third-order valence-corrected chi connectivity index (χ3v) is 7.64. The zero-order valence-corrected chi connectivity index (χ0v) is 17.7. The first-order chi connectivity index (χ1) is 14.4. The van der Waals surface area contributed by atoms with Gasteiger partial charge in [0.2, 0.25) is 15.9 Å². The maximum Gasteiger partial charge on any atom is 0.243 e. The van der Waals surface area contributed by atoms with Crippen LogP contribution in [0.1, 0.15) is 31.4 Å². The van der Waals surface area contributed by atoms with Crippen LogP contribution in [0, 0.1) is 5.92 Å². The van der Waals surface area contributed by atoms with Gasteiger partial charge < -0.3 is 5.32 Å². The fourth-order valence-corrected chi connectivity index (χ4v) is 5.41. The summed E-state index contributed by atoms with van der Waals surface area (Å²) in [4.78, 5) is 17.0. The molecule has 2 aromatic carbocycles. The van der Waals surface area contributed by atoms with E-state index >= 15 is 0 Å². The van der Waals surface area contributed by atoms with Gasteiger partial charge in [0.05, 0.1) is 10.9 Å². The maximum absolute atomic E-state index is 13.1. The van der Waals surface area contributed by atoms with Crippen LogP contribution in [0.4, 0.5) is 0 Å². The number of piperidine rings is 1. The number of hydrogen-bond acceptors (Lipinski definition) is 4. The Bertz CT molecular complexity index is 1140. The number of fused-ring (bicyclic) bond motifs is 1. The molecule has 0 aliphatic carbocycles. The molecule has 4 rings (SSSR count). The highest BCUT2D eigenvalue weighted by molar-refractivity contribution is 7.89. The van der Waals surface area contributed by atoms with E-state index in [-0.39, 0.29) is 17.9 Å². The molecule has 1 unspecified atom stereocenters. The van der Waals surface area contributed by atoms with E-state index in [1.807, 2.05) is 49.4 Å². The summed E-state index contributed by atoms with van der Waals surface area (Å²) in [7, 11) is -3.57. The molecule has 3 aromatic rings. The number of pyridine rings is 1. The Kier molecular flexibility index (Phi) is 5.83. The monoisotopic (exact) mass is 423 g/mol. The van der Waals surface area contributed by atoms with Crippen molar-refractivity contribution in [3.63, 3.8) is 0 Å². The van der Waals surface area contributed by atoms with Gasteiger partial charge in [-0.05, 0) is 60.4 Å². The van der Waals surface area contributed by atoms with Crippen LogP contribution in [-0.2, 0) is 14.8 Å². The lowest BCUT2D eigenvalue weighted by Crippen LogP contribution is -2.43. The number of amides is 1. The van der Waals surface area contributed by atoms with Gasteiger partial charge in [-0.2, -0.15) is 4.31 Å². The largest absolute Gasteiger partial charge is 0.349 e. The Hall–Kier alpha value is -2.77. The van der Waals surface area contributed by atoms with Gasteiger partial charge >= 0.3 is 0 Å². The molecule has 1 atom stereocenters. The number of aromatic nitrogens is 1. The van der Waals surface area contributed by atoms with E-state index in [4.69, 9.17) is 0 Å². The Morgan fingerprint density at radius 2 is 1.70 bits per heavy atom. The molecule has 1 aliphatic heterocycles. The van der Waals surface area contributed by atoms with Gasteiger partial charge in [0.15, 0.2) is 0 Å². The van der Waals surface area contributed by atoms with Crippen molar-refractivity contribution in [2.75, 3.05) is 13.1 Å². The van der Waals surface area contributed by atoms with E-state index < -0.39 is 10.0 Å². The van der Waals surface area contributed by atoms with Gasteiger partial charge in [0.1, 0.15) is 0 Å². The summed E-state index contributed by atoms with van der Waals surface area (Å²) in [6, 6.07) is 16.6. The molecule has 0 saturated carbocycles. The van der Waals surface area contributed by atoms with Gasteiger partial charge in [-0.1, -0.05) is 30.3 Å². The topological polar surface area (TPSA) is 79.4 Å². The first kappa shape index (κ1) is 20.5. The second kappa shape index (κ2) is 8.53. The minimum atomic E-state index is -3.57. The minimum Gasteiger partial charge on any atom is -0.349 e. The van der Waals surface area contributed by atoms with Crippen molar-refractivity contribution in [3.05, 3.63) is 72.6 Å².